The molecule has 0 radical (unpaired) electrons. The van der Waals surface area contributed by atoms with Gasteiger partial charge in [-0.1, -0.05) is 6.92 Å². The molecule has 0 aliphatic carbocycles. The smallest absolute Gasteiger partial charge is 0.417 e. The summed E-state index contributed by atoms with van der Waals surface area (Å²) < 4.78 is 50.4. The number of benzene rings is 1. The molecule has 0 spiro atoms. The van der Waals surface area contributed by atoms with Gasteiger partial charge in [-0.2, -0.15) is 13.2 Å². The van der Waals surface area contributed by atoms with Crippen molar-refractivity contribution in [1.82, 2.24) is 0 Å². The molecule has 0 atom stereocenters. The Kier molecular flexibility index (Phi) is 3.32. The maximum absolute atomic E-state index is 13.2. The third-order valence-electron chi connectivity index (χ3n) is 3.77. The Hall–Kier alpha value is -2.24. The van der Waals surface area contributed by atoms with Crippen LogP contribution < -0.4 is 10.4 Å². The Morgan fingerprint density at radius 3 is 2.48 bits per heavy atom. The van der Waals surface area contributed by atoms with Crippen molar-refractivity contribution in [3.8, 4) is 5.75 Å². The van der Waals surface area contributed by atoms with Crippen LogP contribution in [0.2, 0.25) is 0 Å². The lowest BCUT2D eigenvalue weighted by atomic mass is 9.91. The first-order valence-electron chi connectivity index (χ1n) is 7.21. The maximum Gasteiger partial charge on any atom is 0.417 e. The Balaban J connectivity index is 2.36. The molecular formula is C17H15F3O3. The predicted octanol–water partition coefficient (Wildman–Crippen LogP) is 4.78. The molecular weight excluding hydrogens is 309 g/mol. The molecule has 1 aliphatic rings. The normalized spacial score (nSPS) is 16.7. The summed E-state index contributed by atoms with van der Waals surface area (Å²) in [5, 5.41) is -0.140. The van der Waals surface area contributed by atoms with Gasteiger partial charge < -0.3 is 9.15 Å². The zero-order valence-electron chi connectivity index (χ0n) is 12.9. The fourth-order valence-corrected chi connectivity index (χ4v) is 2.86. The van der Waals surface area contributed by atoms with Crippen molar-refractivity contribution in [3.63, 3.8) is 0 Å². The molecule has 0 N–H and O–H groups in total. The molecule has 1 aromatic carbocycles. The minimum Gasteiger partial charge on any atom is -0.483 e. The van der Waals surface area contributed by atoms with Gasteiger partial charge in [0, 0.05) is 23.1 Å². The maximum atomic E-state index is 13.2. The van der Waals surface area contributed by atoms with Crippen LogP contribution >= 0.6 is 0 Å². The average Bonchev–Trinajstić information content (AvgIpc) is 2.41. The van der Waals surface area contributed by atoms with E-state index in [1.165, 1.54) is 12.1 Å². The third-order valence-corrected chi connectivity index (χ3v) is 3.77. The summed E-state index contributed by atoms with van der Waals surface area (Å²) in [6.07, 6.45) is -2.08. The van der Waals surface area contributed by atoms with E-state index in [2.05, 4.69) is 0 Å². The molecule has 2 heterocycles. The van der Waals surface area contributed by atoms with E-state index in [-0.39, 0.29) is 11.0 Å². The topological polar surface area (TPSA) is 39.4 Å². The van der Waals surface area contributed by atoms with Gasteiger partial charge in [-0.25, -0.2) is 4.79 Å². The number of alkyl halides is 3. The predicted molar refractivity (Wildman–Crippen MR) is 80.5 cm³/mol. The van der Waals surface area contributed by atoms with Gasteiger partial charge >= 0.3 is 11.8 Å². The molecule has 0 bridgehead atoms. The largest absolute Gasteiger partial charge is 0.483 e. The highest BCUT2D eigenvalue weighted by Gasteiger charge is 2.35. The molecule has 0 fully saturated rings. The van der Waals surface area contributed by atoms with E-state index < -0.39 is 23.0 Å². The highest BCUT2D eigenvalue weighted by atomic mass is 19.4. The van der Waals surface area contributed by atoms with Crippen molar-refractivity contribution in [3.05, 3.63) is 45.8 Å². The minimum atomic E-state index is -4.63. The molecule has 0 saturated heterocycles. The van der Waals surface area contributed by atoms with E-state index in [1.54, 1.807) is 0 Å². The number of rotatable bonds is 1. The van der Waals surface area contributed by atoms with Gasteiger partial charge in [-0.3, -0.25) is 0 Å². The van der Waals surface area contributed by atoms with Gasteiger partial charge in [-0.15, -0.1) is 0 Å². The summed E-state index contributed by atoms with van der Waals surface area (Å²) in [5.74, 6) is 0.421. The molecule has 122 valence electrons. The van der Waals surface area contributed by atoms with Crippen LogP contribution in [0.4, 0.5) is 13.2 Å². The lowest BCUT2D eigenvalue weighted by molar-refractivity contribution is -0.136. The van der Waals surface area contributed by atoms with E-state index in [0.29, 0.717) is 23.8 Å². The summed E-state index contributed by atoms with van der Waals surface area (Å²) in [5.41, 5.74) is -1.24. The number of ether oxygens (including phenoxy) is 1. The molecule has 6 heteroatoms. The molecule has 0 amide bonds. The van der Waals surface area contributed by atoms with E-state index in [1.807, 2.05) is 26.8 Å². The Morgan fingerprint density at radius 1 is 1.17 bits per heavy atom. The molecule has 1 aliphatic heterocycles. The highest BCUT2D eigenvalue weighted by Crippen LogP contribution is 2.42. The zero-order valence-corrected chi connectivity index (χ0v) is 12.9. The van der Waals surface area contributed by atoms with Gasteiger partial charge in [0.1, 0.15) is 16.9 Å². The lowest BCUT2D eigenvalue weighted by Gasteiger charge is -2.31. The molecule has 0 saturated carbocycles. The van der Waals surface area contributed by atoms with Gasteiger partial charge in [0.2, 0.25) is 0 Å². The van der Waals surface area contributed by atoms with E-state index >= 15 is 0 Å². The number of halogens is 3. The van der Waals surface area contributed by atoms with Crippen LogP contribution in [0.1, 0.15) is 38.3 Å². The van der Waals surface area contributed by atoms with Crippen LogP contribution in [0.15, 0.2) is 33.5 Å². The van der Waals surface area contributed by atoms with Crippen molar-refractivity contribution < 1.29 is 22.3 Å². The van der Waals surface area contributed by atoms with E-state index in [4.69, 9.17) is 9.15 Å². The van der Waals surface area contributed by atoms with Crippen LogP contribution in [0.25, 0.3) is 16.5 Å². The highest BCUT2D eigenvalue weighted by molar-refractivity contribution is 5.89. The number of fused-ring (bicyclic) bond motifs is 2. The average molecular weight is 324 g/mol. The van der Waals surface area contributed by atoms with Gasteiger partial charge in [-0.05, 0) is 38.0 Å². The second-order valence-electron chi connectivity index (χ2n) is 6.05. The Bertz CT molecular complexity index is 873. The molecule has 1 aromatic heterocycles. The van der Waals surface area contributed by atoms with Crippen molar-refractivity contribution in [2.75, 3.05) is 0 Å². The lowest BCUT2D eigenvalue weighted by Crippen LogP contribution is -2.29. The van der Waals surface area contributed by atoms with Crippen molar-refractivity contribution >= 4 is 16.5 Å². The van der Waals surface area contributed by atoms with Crippen LogP contribution in [-0.4, -0.2) is 5.60 Å². The van der Waals surface area contributed by atoms with E-state index in [0.717, 1.165) is 5.57 Å². The summed E-state index contributed by atoms with van der Waals surface area (Å²) in [4.78, 5) is 11.4. The second kappa shape index (κ2) is 4.88. The molecule has 3 nitrogen and oxygen atoms in total. The monoisotopic (exact) mass is 324 g/mol. The minimum absolute atomic E-state index is 0.128. The molecule has 23 heavy (non-hydrogen) atoms. The summed E-state index contributed by atoms with van der Waals surface area (Å²) >= 11 is 0. The van der Waals surface area contributed by atoms with Crippen molar-refractivity contribution in [1.29, 1.82) is 0 Å². The van der Waals surface area contributed by atoms with Crippen LogP contribution in [0.3, 0.4) is 0 Å². The molecule has 2 aromatic rings. The quantitative estimate of drug-likeness (QED) is 0.709. The number of hydrogen-bond acceptors (Lipinski definition) is 3. The SMILES string of the molecule is CCC1=CC(C)(C)Oc2cc3oc(=O)cc(C(F)(F)F)c3cc21. The first kappa shape index (κ1) is 15.6. The third kappa shape index (κ3) is 2.73. The Morgan fingerprint density at radius 2 is 1.87 bits per heavy atom. The summed E-state index contributed by atoms with van der Waals surface area (Å²) in [7, 11) is 0. The fourth-order valence-electron chi connectivity index (χ4n) is 2.86. The van der Waals surface area contributed by atoms with Gasteiger partial charge in [0.15, 0.2) is 0 Å². The van der Waals surface area contributed by atoms with Crippen LogP contribution in [0.5, 0.6) is 5.75 Å². The summed E-state index contributed by atoms with van der Waals surface area (Å²) in [6, 6.07) is 3.24. The number of allylic oxidation sites excluding steroid dienone is 1. The fraction of sp³-hybridized carbons (Fsp3) is 0.353. The van der Waals surface area contributed by atoms with Crippen LogP contribution in [0, 0.1) is 0 Å². The van der Waals surface area contributed by atoms with Gasteiger partial charge in [0.25, 0.3) is 0 Å². The van der Waals surface area contributed by atoms with E-state index in [9.17, 15) is 18.0 Å². The first-order valence-corrected chi connectivity index (χ1v) is 7.21. The molecule has 3 rings (SSSR count). The first-order chi connectivity index (χ1) is 10.6. The van der Waals surface area contributed by atoms with Crippen molar-refractivity contribution in [2.24, 2.45) is 0 Å². The van der Waals surface area contributed by atoms with Crippen LogP contribution in [-0.2, 0) is 6.18 Å². The summed E-state index contributed by atoms with van der Waals surface area (Å²) in [6.45, 7) is 5.65. The number of hydrogen-bond donors (Lipinski definition) is 0. The second-order valence-corrected chi connectivity index (χ2v) is 6.05. The molecule has 0 unspecified atom stereocenters. The van der Waals surface area contributed by atoms with Crippen molar-refractivity contribution in [2.45, 2.75) is 39.0 Å². The zero-order chi connectivity index (χ0) is 17.0. The Labute approximate surface area is 130 Å². The standard InChI is InChI=1S/C17H15F3O3/c1-4-9-8-16(2,3)23-14-7-13-11(5-10(9)14)12(17(18,19)20)6-15(21)22-13/h5-8H,4H2,1-3H3. The van der Waals surface area contributed by atoms with Gasteiger partial charge in [0.05, 0.1) is 5.56 Å².